The van der Waals surface area contributed by atoms with Crippen LogP contribution < -0.4 is 5.48 Å². The normalized spacial score (nSPS) is 19.9. The Morgan fingerprint density at radius 2 is 1.73 bits per heavy atom. The molecule has 0 bridgehead atoms. The average molecular weight is 453 g/mol. The van der Waals surface area contributed by atoms with Crippen LogP contribution in [0.25, 0.3) is 0 Å². The third-order valence-corrected chi connectivity index (χ3v) is 6.43. The van der Waals surface area contributed by atoms with Gasteiger partial charge in [0.1, 0.15) is 0 Å². The van der Waals surface area contributed by atoms with Crippen LogP contribution in [-0.2, 0) is 17.8 Å². The number of amides is 2. The summed E-state index contributed by atoms with van der Waals surface area (Å²) < 4.78 is 5.36. The van der Waals surface area contributed by atoms with Gasteiger partial charge in [0.15, 0.2) is 0 Å². The molecular formula is C25H32N4O4. The Hall–Kier alpha value is -2.78. The van der Waals surface area contributed by atoms with Crippen LogP contribution >= 0.6 is 0 Å². The minimum Gasteiger partial charge on any atom is -0.378 e. The molecule has 2 aliphatic rings. The number of piperazine rings is 1. The smallest absolute Gasteiger partial charge is 0.274 e. The number of hydrogen-bond donors (Lipinski definition) is 2. The summed E-state index contributed by atoms with van der Waals surface area (Å²) in [7, 11) is 0. The van der Waals surface area contributed by atoms with Gasteiger partial charge in [0.25, 0.3) is 11.8 Å². The van der Waals surface area contributed by atoms with Crippen molar-refractivity contribution in [2.75, 3.05) is 45.9 Å². The second-order valence-electron chi connectivity index (χ2n) is 8.80. The van der Waals surface area contributed by atoms with Crippen LogP contribution in [0.4, 0.5) is 0 Å². The molecule has 2 aliphatic heterocycles. The van der Waals surface area contributed by atoms with Crippen molar-refractivity contribution >= 4 is 11.8 Å². The van der Waals surface area contributed by atoms with Gasteiger partial charge < -0.3 is 9.64 Å². The number of carbonyl (C=O) groups is 2. The summed E-state index contributed by atoms with van der Waals surface area (Å²) in [5, 5.41) is 8.74. The van der Waals surface area contributed by atoms with E-state index in [0.29, 0.717) is 37.9 Å². The van der Waals surface area contributed by atoms with Gasteiger partial charge in [0.05, 0.1) is 13.2 Å². The van der Waals surface area contributed by atoms with Gasteiger partial charge >= 0.3 is 0 Å². The van der Waals surface area contributed by atoms with E-state index < -0.39 is 5.91 Å². The number of carbonyl (C=O) groups excluding carboxylic acids is 2. The second kappa shape index (κ2) is 10.9. The summed E-state index contributed by atoms with van der Waals surface area (Å²) in [6.45, 7) is 9.26. The van der Waals surface area contributed by atoms with E-state index in [9.17, 15) is 9.59 Å². The predicted molar refractivity (Wildman–Crippen MR) is 124 cm³/mol. The van der Waals surface area contributed by atoms with E-state index in [1.165, 1.54) is 0 Å². The van der Waals surface area contributed by atoms with Gasteiger partial charge in [0.2, 0.25) is 0 Å². The first-order valence-corrected chi connectivity index (χ1v) is 11.5. The molecule has 0 unspecified atom stereocenters. The summed E-state index contributed by atoms with van der Waals surface area (Å²) in [6.07, 6.45) is 0. The van der Waals surface area contributed by atoms with Crippen molar-refractivity contribution in [1.29, 1.82) is 0 Å². The lowest BCUT2D eigenvalue weighted by molar-refractivity contribution is 0.0302. The van der Waals surface area contributed by atoms with Crippen molar-refractivity contribution in [3.63, 3.8) is 0 Å². The summed E-state index contributed by atoms with van der Waals surface area (Å²) in [5.41, 5.74) is 5.14. The lowest BCUT2D eigenvalue weighted by Gasteiger charge is -2.40. The minimum atomic E-state index is -0.500. The van der Waals surface area contributed by atoms with Gasteiger partial charge in [-0.25, -0.2) is 5.48 Å². The van der Waals surface area contributed by atoms with E-state index in [-0.39, 0.29) is 5.91 Å². The monoisotopic (exact) mass is 452 g/mol. The van der Waals surface area contributed by atoms with E-state index in [1.807, 2.05) is 35.2 Å². The highest BCUT2D eigenvalue weighted by atomic mass is 16.5. The number of hydroxylamine groups is 1. The van der Waals surface area contributed by atoms with Crippen LogP contribution in [0.15, 0.2) is 48.5 Å². The lowest BCUT2D eigenvalue weighted by atomic mass is 10.1. The first kappa shape index (κ1) is 23.4. The van der Waals surface area contributed by atoms with Crippen molar-refractivity contribution in [1.82, 2.24) is 20.2 Å². The van der Waals surface area contributed by atoms with Crippen molar-refractivity contribution in [3.05, 3.63) is 70.8 Å². The van der Waals surface area contributed by atoms with Crippen molar-refractivity contribution in [2.24, 2.45) is 0 Å². The fourth-order valence-electron chi connectivity index (χ4n) is 4.52. The molecule has 2 amide bonds. The van der Waals surface area contributed by atoms with Crippen molar-refractivity contribution in [2.45, 2.75) is 26.1 Å². The molecule has 33 heavy (non-hydrogen) atoms. The lowest BCUT2D eigenvalue weighted by Crippen LogP contribution is -2.50. The summed E-state index contributed by atoms with van der Waals surface area (Å²) in [5.74, 6) is -0.417. The number of rotatable bonds is 6. The second-order valence-corrected chi connectivity index (χ2v) is 8.80. The summed E-state index contributed by atoms with van der Waals surface area (Å²) in [4.78, 5) is 31.0. The van der Waals surface area contributed by atoms with Crippen LogP contribution in [0, 0.1) is 0 Å². The molecule has 2 fully saturated rings. The fraction of sp³-hybridized carbons (Fsp3) is 0.440. The summed E-state index contributed by atoms with van der Waals surface area (Å²) >= 11 is 0. The van der Waals surface area contributed by atoms with Crippen LogP contribution in [0.5, 0.6) is 0 Å². The molecular weight excluding hydrogens is 420 g/mol. The highest BCUT2D eigenvalue weighted by molar-refractivity contribution is 5.94. The highest BCUT2D eigenvalue weighted by Crippen LogP contribution is 2.18. The highest BCUT2D eigenvalue weighted by Gasteiger charge is 2.24. The minimum absolute atomic E-state index is 0.0838. The van der Waals surface area contributed by atoms with Gasteiger partial charge in [-0.2, -0.15) is 0 Å². The summed E-state index contributed by atoms with van der Waals surface area (Å²) in [6, 6.07) is 15.7. The number of nitrogens with one attached hydrogen (secondary N) is 1. The Bertz CT molecular complexity index is 959. The number of ether oxygens (including phenoxy) is 1. The molecule has 4 rings (SSSR count). The first-order valence-electron chi connectivity index (χ1n) is 11.5. The van der Waals surface area contributed by atoms with Crippen LogP contribution in [-0.4, -0.2) is 83.7 Å². The Balaban J connectivity index is 1.31. The van der Waals surface area contributed by atoms with E-state index >= 15 is 0 Å². The van der Waals surface area contributed by atoms with Gasteiger partial charge in [-0.05, 0) is 42.3 Å². The Kier molecular flexibility index (Phi) is 7.72. The van der Waals surface area contributed by atoms with Crippen molar-refractivity contribution < 1.29 is 19.5 Å². The average Bonchev–Trinajstić information content (AvgIpc) is 2.86. The quantitative estimate of drug-likeness (QED) is 0.515. The van der Waals surface area contributed by atoms with Gasteiger partial charge in [-0.15, -0.1) is 0 Å². The van der Waals surface area contributed by atoms with Crippen LogP contribution in [0.3, 0.4) is 0 Å². The van der Waals surface area contributed by atoms with Crippen molar-refractivity contribution in [3.8, 4) is 0 Å². The third-order valence-electron chi connectivity index (χ3n) is 6.43. The van der Waals surface area contributed by atoms with Gasteiger partial charge in [-0.1, -0.05) is 24.3 Å². The SMILES string of the molecule is C[C@@H]1CN(Cc2ccc(C(=O)NO)cc2)CCN1Cc1cccc(C(=O)N2CCOCC2)c1. The van der Waals surface area contributed by atoms with E-state index in [0.717, 1.165) is 49.4 Å². The fourth-order valence-corrected chi connectivity index (χ4v) is 4.52. The van der Waals surface area contributed by atoms with Crippen LogP contribution in [0.1, 0.15) is 38.8 Å². The molecule has 0 saturated carbocycles. The number of hydrogen-bond acceptors (Lipinski definition) is 6. The Labute approximate surface area is 194 Å². The largest absolute Gasteiger partial charge is 0.378 e. The number of benzene rings is 2. The number of morpholine rings is 1. The predicted octanol–water partition coefficient (Wildman–Crippen LogP) is 1.98. The molecule has 2 aromatic carbocycles. The molecule has 176 valence electrons. The zero-order valence-corrected chi connectivity index (χ0v) is 19.1. The molecule has 0 aromatic heterocycles. The molecule has 0 radical (unpaired) electrons. The maximum absolute atomic E-state index is 12.8. The Morgan fingerprint density at radius 1 is 0.970 bits per heavy atom. The molecule has 0 aliphatic carbocycles. The number of nitrogens with zero attached hydrogens (tertiary/aromatic N) is 3. The zero-order valence-electron chi connectivity index (χ0n) is 19.1. The maximum Gasteiger partial charge on any atom is 0.274 e. The van der Waals surface area contributed by atoms with Gasteiger partial charge in [0, 0.05) is 63.0 Å². The van der Waals surface area contributed by atoms with Crippen LogP contribution in [0.2, 0.25) is 0 Å². The zero-order chi connectivity index (χ0) is 23.2. The molecule has 2 aromatic rings. The molecule has 2 N–H and O–H groups in total. The van der Waals surface area contributed by atoms with E-state index in [4.69, 9.17) is 9.94 Å². The van der Waals surface area contributed by atoms with E-state index in [2.05, 4.69) is 22.8 Å². The third kappa shape index (κ3) is 5.97. The molecule has 8 nitrogen and oxygen atoms in total. The maximum atomic E-state index is 12.8. The molecule has 1 atom stereocenters. The first-order chi connectivity index (χ1) is 16.0. The topological polar surface area (TPSA) is 85.4 Å². The molecule has 8 heteroatoms. The standard InChI is InChI=1S/C25H32N4O4/c1-19-16-27(17-20-5-7-22(8-6-20)24(30)26-32)9-10-29(19)18-21-3-2-4-23(15-21)25(31)28-11-13-33-14-12-28/h2-8,15,19,32H,9-14,16-18H2,1H3,(H,26,30)/t19-/m1/s1. The van der Waals surface area contributed by atoms with E-state index in [1.54, 1.807) is 17.6 Å². The molecule has 0 spiro atoms. The molecule has 2 saturated heterocycles. The Morgan fingerprint density at radius 3 is 2.42 bits per heavy atom. The molecule has 2 heterocycles. The van der Waals surface area contributed by atoms with Gasteiger partial charge in [-0.3, -0.25) is 24.6 Å².